The van der Waals surface area contributed by atoms with Crippen LogP contribution in [-0.4, -0.2) is 30.1 Å². The van der Waals surface area contributed by atoms with Crippen molar-refractivity contribution in [3.8, 4) is 0 Å². The lowest BCUT2D eigenvalue weighted by molar-refractivity contribution is -0.136. The molecule has 0 heterocycles. The summed E-state index contributed by atoms with van der Waals surface area (Å²) in [5.41, 5.74) is 0.433. The number of methoxy groups -OCH3 is 1. The van der Waals surface area contributed by atoms with Gasteiger partial charge >= 0.3 is 17.9 Å². The van der Waals surface area contributed by atoms with Crippen molar-refractivity contribution in [1.82, 2.24) is 0 Å². The molecule has 6 nitrogen and oxygen atoms in total. The summed E-state index contributed by atoms with van der Waals surface area (Å²) in [6.45, 7) is 12.4. The first-order chi connectivity index (χ1) is 8.22. The maximum absolute atomic E-state index is 10.2. The van der Waals surface area contributed by atoms with Crippen LogP contribution in [0.3, 0.4) is 0 Å². The van der Waals surface area contributed by atoms with Crippen LogP contribution >= 0.6 is 0 Å². The van der Waals surface area contributed by atoms with E-state index in [4.69, 9.17) is 5.11 Å². The van der Waals surface area contributed by atoms with Crippen LogP contribution < -0.4 is 0 Å². The largest absolute Gasteiger partial charge is 0.478 e. The lowest BCUT2D eigenvalue weighted by Gasteiger charge is -1.91. The van der Waals surface area contributed by atoms with Crippen LogP contribution in [0, 0.1) is 0 Å². The maximum atomic E-state index is 10.2. The Bertz CT molecular complexity index is 317. The molecule has 0 aliphatic carbocycles. The highest BCUT2D eigenvalue weighted by atomic mass is 16.5. The van der Waals surface area contributed by atoms with Gasteiger partial charge in [-0.25, -0.2) is 9.59 Å². The van der Waals surface area contributed by atoms with Crippen LogP contribution in [0.25, 0.3) is 0 Å². The first-order valence-corrected chi connectivity index (χ1v) is 4.60. The maximum Gasteiger partial charge on any atom is 0.332 e. The number of carbonyl (C=O) groups excluding carboxylic acids is 2. The Hall–Kier alpha value is -2.37. The molecule has 0 aromatic carbocycles. The summed E-state index contributed by atoms with van der Waals surface area (Å²) < 4.78 is 8.44. The van der Waals surface area contributed by atoms with Gasteiger partial charge in [-0.3, -0.25) is 4.79 Å². The minimum atomic E-state index is -0.981. The van der Waals surface area contributed by atoms with Crippen molar-refractivity contribution in [1.29, 1.82) is 0 Å². The predicted octanol–water partition coefficient (Wildman–Crippen LogP) is 1.69. The SMILES string of the molecule is C=C(C)C(=O)OC.C=CC(=O)O.C=COC(C)=O. The van der Waals surface area contributed by atoms with E-state index < -0.39 is 5.97 Å². The molecule has 6 heteroatoms. The topological polar surface area (TPSA) is 89.9 Å². The molecule has 18 heavy (non-hydrogen) atoms. The molecule has 0 amide bonds. The first-order valence-electron chi connectivity index (χ1n) is 4.60. The van der Waals surface area contributed by atoms with Gasteiger partial charge in [0.15, 0.2) is 0 Å². The third kappa shape index (κ3) is 29.2. The molecular weight excluding hydrogens is 240 g/mol. The Labute approximate surface area is 106 Å². The summed E-state index contributed by atoms with van der Waals surface area (Å²) in [5, 5.41) is 7.60. The number of carboxylic acid groups (broad SMARTS) is 1. The highest BCUT2D eigenvalue weighted by molar-refractivity contribution is 5.86. The Morgan fingerprint density at radius 1 is 1.17 bits per heavy atom. The average molecular weight is 258 g/mol. The molecule has 0 spiro atoms. The molecule has 0 radical (unpaired) electrons. The molecule has 1 N–H and O–H groups in total. The molecule has 0 fully saturated rings. The van der Waals surface area contributed by atoms with Crippen molar-refractivity contribution in [2.75, 3.05) is 7.11 Å². The summed E-state index contributed by atoms with van der Waals surface area (Å²) in [6.07, 6.45) is 1.93. The van der Waals surface area contributed by atoms with E-state index in [-0.39, 0.29) is 11.9 Å². The van der Waals surface area contributed by atoms with Crippen LogP contribution in [-0.2, 0) is 23.9 Å². The number of hydrogen-bond donors (Lipinski definition) is 1. The summed E-state index contributed by atoms with van der Waals surface area (Å²) in [7, 11) is 1.33. The molecule has 0 aromatic rings. The summed E-state index contributed by atoms with van der Waals surface area (Å²) in [5.74, 6) is -1.66. The van der Waals surface area contributed by atoms with Crippen LogP contribution in [0.2, 0.25) is 0 Å². The van der Waals surface area contributed by atoms with Crippen LogP contribution in [0.4, 0.5) is 0 Å². The van der Waals surface area contributed by atoms with Gasteiger partial charge in [-0.15, -0.1) is 0 Å². The van der Waals surface area contributed by atoms with E-state index in [9.17, 15) is 14.4 Å². The molecule has 0 aliphatic rings. The second-order valence-electron chi connectivity index (χ2n) is 2.59. The number of esters is 2. The predicted molar refractivity (Wildman–Crippen MR) is 66.6 cm³/mol. The van der Waals surface area contributed by atoms with Crippen molar-refractivity contribution >= 4 is 17.9 Å². The molecule has 0 rings (SSSR count). The zero-order valence-electron chi connectivity index (χ0n) is 10.8. The van der Waals surface area contributed by atoms with Gasteiger partial charge in [-0.2, -0.15) is 0 Å². The summed E-state index contributed by atoms with van der Waals surface area (Å²) in [6, 6.07) is 0. The van der Waals surface area contributed by atoms with Gasteiger partial charge in [-0.05, 0) is 6.92 Å². The zero-order chi connectivity index (χ0) is 15.1. The van der Waals surface area contributed by atoms with Crippen LogP contribution in [0.1, 0.15) is 13.8 Å². The molecule has 0 aromatic heterocycles. The molecule has 0 unspecified atom stereocenters. The quantitative estimate of drug-likeness (QED) is 0.470. The smallest absolute Gasteiger partial charge is 0.332 e. The van der Waals surface area contributed by atoms with Gasteiger partial charge in [0.05, 0.1) is 13.4 Å². The Kier molecular flexibility index (Phi) is 17.0. The van der Waals surface area contributed by atoms with Gasteiger partial charge in [0.25, 0.3) is 0 Å². The number of ether oxygens (including phenoxy) is 2. The van der Waals surface area contributed by atoms with E-state index in [1.54, 1.807) is 6.92 Å². The molecule has 0 atom stereocenters. The Balaban J connectivity index is -0.000000190. The Morgan fingerprint density at radius 2 is 1.56 bits per heavy atom. The molecule has 0 saturated carbocycles. The first kappa shape index (κ1) is 21.0. The fourth-order valence-electron chi connectivity index (χ4n) is 0.292. The van der Waals surface area contributed by atoms with E-state index >= 15 is 0 Å². The number of hydrogen-bond acceptors (Lipinski definition) is 5. The van der Waals surface area contributed by atoms with Crippen molar-refractivity contribution < 1.29 is 29.0 Å². The van der Waals surface area contributed by atoms with Crippen molar-refractivity contribution in [3.05, 3.63) is 37.6 Å². The van der Waals surface area contributed by atoms with Crippen LogP contribution in [0.5, 0.6) is 0 Å². The van der Waals surface area contributed by atoms with Crippen LogP contribution in [0.15, 0.2) is 37.6 Å². The summed E-state index contributed by atoms with van der Waals surface area (Å²) in [4.78, 5) is 29.2. The van der Waals surface area contributed by atoms with E-state index in [1.165, 1.54) is 14.0 Å². The monoisotopic (exact) mass is 258 g/mol. The standard InChI is InChI=1S/C5H8O2.C4H6O2.C3H4O2/c1-4(2)5(6)7-3;1-3-6-4(2)5;1-2-3(4)5/h1H2,2-3H3;3H,1H2,2H3;2H,1H2,(H,4,5). The molecule has 102 valence electrons. The molecule has 0 saturated heterocycles. The number of aliphatic carboxylic acids is 1. The van der Waals surface area contributed by atoms with Gasteiger partial charge in [0.1, 0.15) is 0 Å². The minimum absolute atomic E-state index is 0.329. The van der Waals surface area contributed by atoms with Gasteiger partial charge in [0, 0.05) is 18.6 Å². The van der Waals surface area contributed by atoms with E-state index in [0.29, 0.717) is 5.57 Å². The average Bonchev–Trinajstić information content (AvgIpc) is 2.29. The summed E-state index contributed by atoms with van der Waals surface area (Å²) >= 11 is 0. The lowest BCUT2D eigenvalue weighted by Crippen LogP contribution is -1.98. The molecular formula is C12H18O6. The van der Waals surface area contributed by atoms with E-state index in [1.807, 2.05) is 0 Å². The van der Waals surface area contributed by atoms with E-state index in [2.05, 4.69) is 29.2 Å². The normalized spacial score (nSPS) is 7.06. The molecule has 0 aliphatic heterocycles. The third-order valence-corrected chi connectivity index (χ3v) is 0.958. The fraction of sp³-hybridized carbons (Fsp3) is 0.250. The third-order valence-electron chi connectivity index (χ3n) is 0.958. The number of carboxylic acids is 1. The van der Waals surface area contributed by atoms with Crippen molar-refractivity contribution in [2.24, 2.45) is 0 Å². The lowest BCUT2D eigenvalue weighted by atomic mass is 10.4. The van der Waals surface area contributed by atoms with Gasteiger partial charge in [-0.1, -0.05) is 19.7 Å². The second-order valence-corrected chi connectivity index (χ2v) is 2.59. The zero-order valence-corrected chi connectivity index (χ0v) is 10.8. The van der Waals surface area contributed by atoms with Crippen molar-refractivity contribution in [2.45, 2.75) is 13.8 Å². The number of carbonyl (C=O) groups is 3. The van der Waals surface area contributed by atoms with Crippen molar-refractivity contribution in [3.63, 3.8) is 0 Å². The molecule has 0 bridgehead atoms. The van der Waals surface area contributed by atoms with E-state index in [0.717, 1.165) is 12.3 Å². The van der Waals surface area contributed by atoms with Gasteiger partial charge < -0.3 is 14.6 Å². The minimum Gasteiger partial charge on any atom is -0.478 e. The fourth-order valence-corrected chi connectivity index (χ4v) is 0.292. The Morgan fingerprint density at radius 3 is 1.56 bits per heavy atom. The second kappa shape index (κ2) is 14.6. The number of rotatable bonds is 3. The highest BCUT2D eigenvalue weighted by Gasteiger charge is 1.95. The highest BCUT2D eigenvalue weighted by Crippen LogP contribution is 1.87. The van der Waals surface area contributed by atoms with Gasteiger partial charge in [0.2, 0.25) is 0 Å².